The van der Waals surface area contributed by atoms with Crippen molar-refractivity contribution < 1.29 is 0 Å². The van der Waals surface area contributed by atoms with Crippen LogP contribution in [-0.2, 0) is 6.42 Å². The van der Waals surface area contributed by atoms with Crippen molar-refractivity contribution in [3.63, 3.8) is 0 Å². The maximum absolute atomic E-state index is 6.49. The second-order valence-corrected chi connectivity index (χ2v) is 6.83. The van der Waals surface area contributed by atoms with Crippen LogP contribution < -0.4 is 0 Å². The van der Waals surface area contributed by atoms with Gasteiger partial charge in [-0.25, -0.2) is 4.98 Å². The number of aryl methyl sites for hydroxylation is 1. The third-order valence-electron chi connectivity index (χ3n) is 4.95. The molecule has 0 amide bonds. The van der Waals surface area contributed by atoms with Gasteiger partial charge < -0.3 is 4.57 Å². The van der Waals surface area contributed by atoms with Crippen molar-refractivity contribution >= 4 is 34.2 Å². The van der Waals surface area contributed by atoms with Crippen LogP contribution in [0.2, 0.25) is 5.02 Å². The van der Waals surface area contributed by atoms with Crippen molar-refractivity contribution in [2.24, 2.45) is 0 Å². The highest BCUT2D eigenvalue weighted by Gasteiger charge is 2.39. The molecule has 3 nitrogen and oxygen atoms in total. The van der Waals surface area contributed by atoms with Crippen LogP contribution in [-0.4, -0.2) is 39.5 Å². The Kier molecular flexibility index (Phi) is 3.60. The Bertz CT molecular complexity index is 667. The molecule has 5 heteroatoms. The van der Waals surface area contributed by atoms with Crippen LogP contribution in [0, 0.1) is 0 Å². The van der Waals surface area contributed by atoms with Gasteiger partial charge in [-0.3, -0.25) is 4.90 Å². The van der Waals surface area contributed by atoms with E-state index in [1.807, 2.05) is 12.1 Å². The summed E-state index contributed by atoms with van der Waals surface area (Å²) >= 11 is 12.5. The number of aromatic nitrogens is 2. The van der Waals surface area contributed by atoms with Crippen molar-refractivity contribution in [2.75, 3.05) is 19.0 Å². The summed E-state index contributed by atoms with van der Waals surface area (Å²) in [6, 6.07) is 7.14. The van der Waals surface area contributed by atoms with E-state index >= 15 is 0 Å². The van der Waals surface area contributed by atoms with Crippen LogP contribution in [0.1, 0.15) is 31.1 Å². The SMILES string of the molecule is ClCCc1nc2cccc(Cl)c2n1C1CCN2CCCC12. The summed E-state index contributed by atoms with van der Waals surface area (Å²) < 4.78 is 2.40. The number of alkyl halides is 1. The number of rotatable bonds is 3. The number of halogens is 2. The summed E-state index contributed by atoms with van der Waals surface area (Å²) in [5.74, 6) is 1.69. The quantitative estimate of drug-likeness (QED) is 0.799. The fraction of sp³-hybridized carbons (Fsp3) is 0.562. The number of fused-ring (bicyclic) bond motifs is 2. The number of nitrogens with zero attached hydrogens (tertiary/aromatic N) is 3. The lowest BCUT2D eigenvalue weighted by atomic mass is 10.1. The molecule has 2 atom stereocenters. The second kappa shape index (κ2) is 5.45. The predicted octanol–water partition coefficient (Wildman–Crippen LogP) is 3.88. The molecule has 0 N–H and O–H groups in total. The Morgan fingerprint density at radius 2 is 2.10 bits per heavy atom. The molecule has 2 unspecified atom stereocenters. The molecule has 2 aliphatic rings. The molecular formula is C16H19Cl2N3. The molecule has 1 aromatic carbocycles. The Morgan fingerprint density at radius 1 is 1.19 bits per heavy atom. The third kappa shape index (κ3) is 2.18. The van der Waals surface area contributed by atoms with E-state index in [-0.39, 0.29) is 0 Å². The highest BCUT2D eigenvalue weighted by atomic mass is 35.5. The van der Waals surface area contributed by atoms with Crippen molar-refractivity contribution in [1.82, 2.24) is 14.5 Å². The summed E-state index contributed by atoms with van der Waals surface area (Å²) in [4.78, 5) is 7.42. The van der Waals surface area contributed by atoms with Gasteiger partial charge in [0.1, 0.15) is 5.82 Å². The lowest BCUT2D eigenvalue weighted by molar-refractivity contribution is 0.290. The molecule has 2 saturated heterocycles. The van der Waals surface area contributed by atoms with Crippen LogP contribution in [0.15, 0.2) is 18.2 Å². The summed E-state index contributed by atoms with van der Waals surface area (Å²) in [5, 5.41) is 0.803. The molecule has 0 radical (unpaired) electrons. The van der Waals surface area contributed by atoms with E-state index in [9.17, 15) is 0 Å². The minimum absolute atomic E-state index is 0.496. The first-order valence-electron chi connectivity index (χ1n) is 7.75. The molecule has 0 aliphatic carbocycles. The minimum Gasteiger partial charge on any atom is -0.322 e. The average molecular weight is 324 g/mol. The lowest BCUT2D eigenvalue weighted by Crippen LogP contribution is -2.28. The van der Waals surface area contributed by atoms with E-state index in [0.29, 0.717) is 18.0 Å². The highest BCUT2D eigenvalue weighted by Crippen LogP contribution is 2.40. The number of hydrogen-bond acceptors (Lipinski definition) is 2. The number of benzene rings is 1. The van der Waals surface area contributed by atoms with E-state index in [0.717, 1.165) is 28.3 Å². The van der Waals surface area contributed by atoms with Crippen molar-refractivity contribution in [2.45, 2.75) is 37.8 Å². The molecule has 112 valence electrons. The molecule has 0 spiro atoms. The zero-order valence-corrected chi connectivity index (χ0v) is 13.4. The maximum atomic E-state index is 6.49. The first-order chi connectivity index (χ1) is 10.3. The standard InChI is InChI=1S/C16H19Cl2N3/c17-8-6-15-19-12-4-1-3-11(18)16(12)21(15)14-7-10-20-9-2-5-13(14)20/h1,3-4,13-14H,2,5-10H2. The van der Waals surface area contributed by atoms with E-state index < -0.39 is 0 Å². The predicted molar refractivity (Wildman–Crippen MR) is 87.4 cm³/mol. The Morgan fingerprint density at radius 3 is 2.95 bits per heavy atom. The van der Waals surface area contributed by atoms with E-state index in [1.165, 1.54) is 32.4 Å². The molecule has 0 saturated carbocycles. The highest BCUT2D eigenvalue weighted by molar-refractivity contribution is 6.35. The van der Waals surface area contributed by atoms with Crippen LogP contribution in [0.5, 0.6) is 0 Å². The topological polar surface area (TPSA) is 21.1 Å². The molecule has 2 fully saturated rings. The van der Waals surface area contributed by atoms with Gasteiger partial charge in [-0.15, -0.1) is 11.6 Å². The summed E-state index contributed by atoms with van der Waals surface area (Å²) in [5.41, 5.74) is 2.09. The molecule has 3 heterocycles. The lowest BCUT2D eigenvalue weighted by Gasteiger charge is -2.24. The second-order valence-electron chi connectivity index (χ2n) is 6.05. The van der Waals surface area contributed by atoms with Crippen molar-refractivity contribution in [3.8, 4) is 0 Å². The van der Waals surface area contributed by atoms with Crippen LogP contribution in [0.25, 0.3) is 11.0 Å². The third-order valence-corrected chi connectivity index (χ3v) is 5.45. The van der Waals surface area contributed by atoms with Gasteiger partial charge in [0.05, 0.1) is 22.1 Å². The van der Waals surface area contributed by atoms with Gasteiger partial charge in [0.25, 0.3) is 0 Å². The molecule has 2 aromatic rings. The smallest absolute Gasteiger partial charge is 0.111 e. The normalized spacial score (nSPS) is 25.8. The zero-order chi connectivity index (χ0) is 14.4. The number of para-hydroxylation sites is 1. The Labute approximate surface area is 134 Å². The molecular weight excluding hydrogens is 305 g/mol. The number of imidazole rings is 1. The number of hydrogen-bond donors (Lipinski definition) is 0. The van der Waals surface area contributed by atoms with Crippen LogP contribution in [0.3, 0.4) is 0 Å². The van der Waals surface area contributed by atoms with Gasteiger partial charge in [0.15, 0.2) is 0 Å². The Hall–Kier alpha value is -0.770. The monoisotopic (exact) mass is 323 g/mol. The van der Waals surface area contributed by atoms with Crippen LogP contribution >= 0.6 is 23.2 Å². The molecule has 2 aliphatic heterocycles. The summed E-state index contributed by atoms with van der Waals surface area (Å²) in [6.45, 7) is 2.44. The fourth-order valence-corrected chi connectivity index (χ4v) is 4.56. The van der Waals surface area contributed by atoms with Crippen molar-refractivity contribution in [1.29, 1.82) is 0 Å². The largest absolute Gasteiger partial charge is 0.322 e. The fourth-order valence-electron chi connectivity index (χ4n) is 4.13. The average Bonchev–Trinajstić information content (AvgIpc) is 3.13. The van der Waals surface area contributed by atoms with E-state index in [2.05, 4.69) is 15.5 Å². The molecule has 21 heavy (non-hydrogen) atoms. The van der Waals surface area contributed by atoms with Crippen LogP contribution in [0.4, 0.5) is 0 Å². The van der Waals surface area contributed by atoms with Gasteiger partial charge in [-0.2, -0.15) is 0 Å². The van der Waals surface area contributed by atoms with Gasteiger partial charge in [-0.1, -0.05) is 17.7 Å². The van der Waals surface area contributed by atoms with Crippen molar-refractivity contribution in [3.05, 3.63) is 29.0 Å². The molecule has 1 aromatic heterocycles. The first kappa shape index (κ1) is 13.9. The minimum atomic E-state index is 0.496. The summed E-state index contributed by atoms with van der Waals surface area (Å²) in [7, 11) is 0. The maximum Gasteiger partial charge on any atom is 0.111 e. The summed E-state index contributed by atoms with van der Waals surface area (Å²) in [6.07, 6.45) is 4.59. The molecule has 4 rings (SSSR count). The zero-order valence-electron chi connectivity index (χ0n) is 11.9. The van der Waals surface area contributed by atoms with Gasteiger partial charge in [0.2, 0.25) is 0 Å². The van der Waals surface area contributed by atoms with E-state index in [4.69, 9.17) is 28.2 Å². The Balaban J connectivity index is 1.87. The van der Waals surface area contributed by atoms with Gasteiger partial charge in [0, 0.05) is 24.9 Å². The first-order valence-corrected chi connectivity index (χ1v) is 8.66. The molecule has 0 bridgehead atoms. The van der Waals surface area contributed by atoms with Gasteiger partial charge >= 0.3 is 0 Å². The van der Waals surface area contributed by atoms with Gasteiger partial charge in [-0.05, 0) is 37.9 Å². The van der Waals surface area contributed by atoms with E-state index in [1.54, 1.807) is 0 Å².